The Morgan fingerprint density at radius 3 is 2.35 bits per heavy atom. The van der Waals surface area contributed by atoms with Crippen LogP contribution in [0.3, 0.4) is 0 Å². The van der Waals surface area contributed by atoms with Crippen molar-refractivity contribution >= 4 is 11.9 Å². The van der Waals surface area contributed by atoms with E-state index < -0.39 is 29.8 Å². The predicted molar refractivity (Wildman–Crippen MR) is 62.6 cm³/mol. The fourth-order valence-electron chi connectivity index (χ4n) is 1.51. The zero-order chi connectivity index (χ0) is 15.3. The summed E-state index contributed by atoms with van der Waals surface area (Å²) in [5.74, 6) is -1.30. The van der Waals surface area contributed by atoms with Crippen molar-refractivity contribution in [3.63, 3.8) is 0 Å². The van der Waals surface area contributed by atoms with E-state index in [4.69, 9.17) is 4.74 Å². The third-order valence-electron chi connectivity index (χ3n) is 2.33. The van der Waals surface area contributed by atoms with Crippen LogP contribution in [0.2, 0.25) is 0 Å². The fraction of sp³-hybridized carbons (Fsp3) is 0.385. The number of hydrogen-bond donors (Lipinski definition) is 0. The SMILES string of the molecule is CC(=O)OC[C@@H](OC(C)=O)c1cccc(C(F)(F)F)c1. The molecule has 20 heavy (non-hydrogen) atoms. The lowest BCUT2D eigenvalue weighted by Crippen LogP contribution is -2.17. The molecule has 0 N–H and O–H groups in total. The van der Waals surface area contributed by atoms with Crippen LogP contribution in [0.1, 0.15) is 31.1 Å². The molecule has 0 radical (unpaired) electrons. The van der Waals surface area contributed by atoms with Crippen molar-refractivity contribution in [1.29, 1.82) is 0 Å². The van der Waals surface area contributed by atoms with E-state index in [2.05, 4.69) is 4.74 Å². The van der Waals surface area contributed by atoms with Gasteiger partial charge in [-0.15, -0.1) is 0 Å². The van der Waals surface area contributed by atoms with Gasteiger partial charge in [0.05, 0.1) is 5.56 Å². The number of hydrogen-bond acceptors (Lipinski definition) is 4. The van der Waals surface area contributed by atoms with Gasteiger partial charge < -0.3 is 9.47 Å². The lowest BCUT2D eigenvalue weighted by molar-refractivity contribution is -0.156. The second kappa shape index (κ2) is 6.40. The average molecular weight is 290 g/mol. The van der Waals surface area contributed by atoms with Crippen molar-refractivity contribution in [2.75, 3.05) is 6.61 Å². The number of alkyl halides is 3. The van der Waals surface area contributed by atoms with Gasteiger partial charge in [-0.3, -0.25) is 9.59 Å². The van der Waals surface area contributed by atoms with Crippen LogP contribution in [0.5, 0.6) is 0 Å². The molecule has 0 saturated heterocycles. The first-order chi connectivity index (χ1) is 9.20. The largest absolute Gasteiger partial charge is 0.462 e. The molecule has 1 rings (SSSR count). The molecule has 1 aromatic rings. The number of carbonyl (C=O) groups is 2. The van der Waals surface area contributed by atoms with Gasteiger partial charge in [0.1, 0.15) is 6.61 Å². The molecule has 0 amide bonds. The second-order valence-electron chi connectivity index (χ2n) is 4.02. The Labute approximate surface area is 113 Å². The maximum absolute atomic E-state index is 12.6. The van der Waals surface area contributed by atoms with E-state index >= 15 is 0 Å². The molecule has 0 saturated carbocycles. The van der Waals surface area contributed by atoms with Crippen molar-refractivity contribution in [2.45, 2.75) is 26.1 Å². The van der Waals surface area contributed by atoms with E-state index in [0.29, 0.717) is 0 Å². The summed E-state index contributed by atoms with van der Waals surface area (Å²) in [6, 6.07) is 4.33. The van der Waals surface area contributed by atoms with E-state index in [1.54, 1.807) is 0 Å². The van der Waals surface area contributed by atoms with Gasteiger partial charge in [-0.2, -0.15) is 13.2 Å². The summed E-state index contributed by atoms with van der Waals surface area (Å²) in [6.45, 7) is 1.93. The van der Waals surface area contributed by atoms with Crippen molar-refractivity contribution in [3.8, 4) is 0 Å². The quantitative estimate of drug-likeness (QED) is 0.800. The average Bonchev–Trinajstić information content (AvgIpc) is 2.33. The van der Waals surface area contributed by atoms with Crippen molar-refractivity contribution < 1.29 is 32.2 Å². The smallest absolute Gasteiger partial charge is 0.416 e. The highest BCUT2D eigenvalue weighted by molar-refractivity contribution is 5.67. The minimum atomic E-state index is -4.50. The van der Waals surface area contributed by atoms with E-state index in [9.17, 15) is 22.8 Å². The van der Waals surface area contributed by atoms with Crippen molar-refractivity contribution in [2.24, 2.45) is 0 Å². The molecule has 4 nitrogen and oxygen atoms in total. The van der Waals surface area contributed by atoms with Gasteiger partial charge in [0.2, 0.25) is 0 Å². The highest BCUT2D eigenvalue weighted by Gasteiger charge is 2.31. The number of benzene rings is 1. The molecule has 7 heteroatoms. The Hall–Kier alpha value is -2.05. The van der Waals surface area contributed by atoms with Gasteiger partial charge in [0.25, 0.3) is 0 Å². The molecule has 0 spiro atoms. The van der Waals surface area contributed by atoms with Gasteiger partial charge in [-0.25, -0.2) is 0 Å². The molecule has 0 fully saturated rings. The Morgan fingerprint density at radius 1 is 1.20 bits per heavy atom. The van der Waals surface area contributed by atoms with E-state index in [1.165, 1.54) is 12.1 Å². The molecule has 1 aromatic carbocycles. The minimum Gasteiger partial charge on any atom is -0.462 e. The minimum absolute atomic E-state index is 0.108. The normalized spacial score (nSPS) is 12.7. The number of rotatable bonds is 4. The van der Waals surface area contributed by atoms with Crippen LogP contribution in [-0.2, 0) is 25.2 Å². The van der Waals surface area contributed by atoms with Crippen molar-refractivity contribution in [1.82, 2.24) is 0 Å². The maximum atomic E-state index is 12.6. The summed E-state index contributed by atoms with van der Waals surface area (Å²) in [7, 11) is 0. The van der Waals surface area contributed by atoms with Crippen LogP contribution in [-0.4, -0.2) is 18.5 Å². The first-order valence-corrected chi connectivity index (χ1v) is 5.68. The highest BCUT2D eigenvalue weighted by Crippen LogP contribution is 2.31. The Kier molecular flexibility index (Phi) is 5.12. The summed E-state index contributed by atoms with van der Waals surface area (Å²) >= 11 is 0. The summed E-state index contributed by atoms with van der Waals surface area (Å²) in [6.07, 6.45) is -5.57. The van der Waals surface area contributed by atoms with Crippen LogP contribution in [0.25, 0.3) is 0 Å². The van der Waals surface area contributed by atoms with Gasteiger partial charge in [0, 0.05) is 13.8 Å². The molecule has 0 bridgehead atoms. The summed E-state index contributed by atoms with van der Waals surface area (Å²) in [5.41, 5.74) is -0.758. The summed E-state index contributed by atoms with van der Waals surface area (Å²) < 4.78 is 47.4. The molecule has 0 unspecified atom stereocenters. The molecular weight excluding hydrogens is 277 g/mol. The van der Waals surface area contributed by atoms with E-state index in [1.807, 2.05) is 0 Å². The summed E-state index contributed by atoms with van der Waals surface area (Å²) in [5, 5.41) is 0. The van der Waals surface area contributed by atoms with Gasteiger partial charge >= 0.3 is 18.1 Å². The number of ether oxygens (including phenoxy) is 2. The molecule has 1 atom stereocenters. The van der Waals surface area contributed by atoms with E-state index in [-0.39, 0.29) is 12.2 Å². The Bertz CT molecular complexity index is 497. The highest BCUT2D eigenvalue weighted by atomic mass is 19.4. The number of carbonyl (C=O) groups excluding carboxylic acids is 2. The zero-order valence-corrected chi connectivity index (χ0v) is 10.9. The van der Waals surface area contributed by atoms with Gasteiger partial charge in [0.15, 0.2) is 6.10 Å². The topological polar surface area (TPSA) is 52.6 Å². The van der Waals surface area contributed by atoms with Gasteiger partial charge in [-0.1, -0.05) is 12.1 Å². The first kappa shape index (κ1) is 16.0. The molecule has 110 valence electrons. The standard InChI is InChI=1S/C13H13F3O4/c1-8(17)19-7-12(20-9(2)18)10-4-3-5-11(6-10)13(14,15)16/h3-6,12H,7H2,1-2H3/t12-/m1/s1. The lowest BCUT2D eigenvalue weighted by atomic mass is 10.1. The molecule has 0 aliphatic heterocycles. The molecular formula is C13H13F3O4. The lowest BCUT2D eigenvalue weighted by Gasteiger charge is -2.18. The predicted octanol–water partition coefficient (Wildman–Crippen LogP) is 2.87. The van der Waals surface area contributed by atoms with Crippen LogP contribution in [0.4, 0.5) is 13.2 Å². The number of halogens is 3. The van der Waals surface area contributed by atoms with E-state index in [0.717, 1.165) is 26.0 Å². The third-order valence-corrected chi connectivity index (χ3v) is 2.33. The van der Waals surface area contributed by atoms with Crippen molar-refractivity contribution in [3.05, 3.63) is 35.4 Å². The van der Waals surface area contributed by atoms with Crippen LogP contribution < -0.4 is 0 Å². The Balaban J connectivity index is 3.00. The molecule has 0 aromatic heterocycles. The zero-order valence-electron chi connectivity index (χ0n) is 10.9. The maximum Gasteiger partial charge on any atom is 0.416 e. The van der Waals surface area contributed by atoms with Crippen LogP contribution in [0, 0.1) is 0 Å². The monoisotopic (exact) mass is 290 g/mol. The molecule has 0 aliphatic rings. The molecule has 0 heterocycles. The van der Waals surface area contributed by atoms with Gasteiger partial charge in [-0.05, 0) is 17.7 Å². The second-order valence-corrected chi connectivity index (χ2v) is 4.02. The Morgan fingerprint density at radius 2 is 1.85 bits per heavy atom. The number of esters is 2. The molecule has 0 aliphatic carbocycles. The fourth-order valence-corrected chi connectivity index (χ4v) is 1.51. The van der Waals surface area contributed by atoms with Crippen LogP contribution >= 0.6 is 0 Å². The first-order valence-electron chi connectivity index (χ1n) is 5.68. The third kappa shape index (κ3) is 4.91. The van der Waals surface area contributed by atoms with Crippen LogP contribution in [0.15, 0.2) is 24.3 Å². The summed E-state index contributed by atoms with van der Waals surface area (Å²) in [4.78, 5) is 21.7.